The molecule has 2 rings (SSSR count). The quantitative estimate of drug-likeness (QED) is 0.670. The fourth-order valence-electron chi connectivity index (χ4n) is 1.75. The molecule has 0 saturated carbocycles. The zero-order chi connectivity index (χ0) is 17.2. The summed E-state index contributed by atoms with van der Waals surface area (Å²) in [4.78, 5) is 0. The van der Waals surface area contributed by atoms with Crippen LogP contribution in [0.5, 0.6) is 0 Å². The van der Waals surface area contributed by atoms with Crippen molar-refractivity contribution in [3.63, 3.8) is 0 Å². The fraction of sp³-hybridized carbons (Fsp3) is 0.167. The molecule has 0 unspecified atom stereocenters. The predicted octanol–water partition coefficient (Wildman–Crippen LogP) is 3.17. The van der Waals surface area contributed by atoms with Crippen molar-refractivity contribution in [2.24, 2.45) is 0 Å². The van der Waals surface area contributed by atoms with E-state index in [0.717, 1.165) is 13.1 Å². The minimum Gasteiger partial charge on any atom is 0 e. The second-order valence-electron chi connectivity index (χ2n) is 4.02. The standard InChI is InChI=1S/C15H17N.3CO.Cr/c1-13-7-5-6-10-15(13)12-16-11-14-8-3-2-4-9-14;3*1-2;/h2-10,16H,11-12H2,1H3;;;;. The molecule has 0 aliphatic heterocycles. The minimum absolute atomic E-state index is 0. The largest absolute Gasteiger partial charge is 0 e. The van der Waals surface area contributed by atoms with Crippen LogP contribution in [0.4, 0.5) is 0 Å². The molecular formula is C18H17CrNO3. The van der Waals surface area contributed by atoms with E-state index in [4.69, 9.17) is 14.0 Å². The Morgan fingerprint density at radius 1 is 0.739 bits per heavy atom. The smallest absolute Gasteiger partial charge is 0 e. The van der Waals surface area contributed by atoms with Crippen LogP contribution in [0.25, 0.3) is 0 Å². The molecule has 0 saturated heterocycles. The van der Waals surface area contributed by atoms with E-state index in [9.17, 15) is 0 Å². The topological polar surface area (TPSA) is 71.7 Å². The van der Waals surface area contributed by atoms with Gasteiger partial charge in [-0.05, 0) is 23.6 Å². The van der Waals surface area contributed by atoms with Crippen molar-refractivity contribution >= 4 is 0 Å². The molecule has 0 amide bonds. The van der Waals surface area contributed by atoms with E-state index in [1.54, 1.807) is 0 Å². The first-order chi connectivity index (χ1) is 10.9. The van der Waals surface area contributed by atoms with Gasteiger partial charge in [0.1, 0.15) is 0 Å². The van der Waals surface area contributed by atoms with Gasteiger partial charge in [-0.25, -0.2) is 0 Å². The maximum absolute atomic E-state index is 7.50. The van der Waals surface area contributed by atoms with Gasteiger partial charge in [-0.15, -0.1) is 0 Å². The Hall–Kier alpha value is -1.85. The summed E-state index contributed by atoms with van der Waals surface area (Å²) >= 11 is 0. The van der Waals surface area contributed by atoms with E-state index in [1.807, 2.05) is 6.07 Å². The molecule has 0 atom stereocenters. The monoisotopic (exact) mass is 347 g/mol. The Kier molecular flexibility index (Phi) is 22.8. The van der Waals surface area contributed by atoms with Crippen LogP contribution in [0.1, 0.15) is 16.7 Å². The maximum Gasteiger partial charge on any atom is 0 e. The molecule has 0 spiro atoms. The molecule has 4 nitrogen and oxygen atoms in total. The number of rotatable bonds is 4. The van der Waals surface area contributed by atoms with Crippen molar-refractivity contribution in [1.82, 2.24) is 5.32 Å². The van der Waals surface area contributed by atoms with Crippen molar-refractivity contribution in [1.29, 1.82) is 0 Å². The molecule has 2 aromatic rings. The van der Waals surface area contributed by atoms with Crippen LogP contribution in [0, 0.1) is 26.9 Å². The van der Waals surface area contributed by atoms with Crippen LogP contribution < -0.4 is 5.32 Å². The average molecular weight is 347 g/mol. The molecule has 5 heteroatoms. The molecule has 0 aliphatic rings. The van der Waals surface area contributed by atoms with Gasteiger partial charge >= 0.3 is 33.9 Å². The minimum atomic E-state index is 0. The van der Waals surface area contributed by atoms with Crippen LogP contribution in [0.15, 0.2) is 54.6 Å². The average Bonchev–Trinajstić information content (AvgIpc) is 2.63. The van der Waals surface area contributed by atoms with Crippen molar-refractivity contribution in [3.05, 3.63) is 91.2 Å². The summed E-state index contributed by atoms with van der Waals surface area (Å²) < 4.78 is 22.5. The second kappa shape index (κ2) is 20.2. The van der Waals surface area contributed by atoms with E-state index in [2.05, 4.69) is 80.7 Å². The van der Waals surface area contributed by atoms with Crippen LogP contribution in [-0.2, 0) is 44.4 Å². The van der Waals surface area contributed by atoms with E-state index >= 15 is 0 Å². The van der Waals surface area contributed by atoms with E-state index < -0.39 is 0 Å². The SMILES string of the molecule is Cc1ccccc1CNCc1ccccc1.[C-]#[O+].[C-]#[O+].[C-]#[O+].[Cr]. The first kappa shape index (κ1) is 26.1. The van der Waals surface area contributed by atoms with Crippen LogP contribution in [0.3, 0.4) is 0 Å². The summed E-state index contributed by atoms with van der Waals surface area (Å²) in [5, 5.41) is 3.46. The van der Waals surface area contributed by atoms with Gasteiger partial charge in [0.05, 0.1) is 0 Å². The maximum atomic E-state index is 7.50. The van der Waals surface area contributed by atoms with Gasteiger partial charge in [0, 0.05) is 30.5 Å². The van der Waals surface area contributed by atoms with Gasteiger partial charge in [-0.1, -0.05) is 54.6 Å². The van der Waals surface area contributed by atoms with Gasteiger partial charge in [0.15, 0.2) is 0 Å². The summed E-state index contributed by atoms with van der Waals surface area (Å²) in [6.45, 7) is 17.5. The Balaban J connectivity index is -0.000000514. The van der Waals surface area contributed by atoms with E-state index in [-0.39, 0.29) is 17.4 Å². The van der Waals surface area contributed by atoms with Gasteiger partial charge < -0.3 is 5.32 Å². The first-order valence-electron chi connectivity index (χ1n) is 6.26. The normalized spacial score (nSPS) is 7.43. The Morgan fingerprint density at radius 3 is 1.74 bits per heavy atom. The van der Waals surface area contributed by atoms with Gasteiger partial charge in [0.25, 0.3) is 0 Å². The number of hydrogen-bond donors (Lipinski definition) is 1. The molecule has 0 aliphatic carbocycles. The molecule has 118 valence electrons. The number of aryl methyl sites for hydroxylation is 1. The van der Waals surface area contributed by atoms with Gasteiger partial charge in [-0.3, -0.25) is 0 Å². The molecular weight excluding hydrogens is 330 g/mol. The third kappa shape index (κ3) is 12.4. The molecule has 0 radical (unpaired) electrons. The molecule has 2 aromatic carbocycles. The van der Waals surface area contributed by atoms with Crippen molar-refractivity contribution in [2.75, 3.05) is 0 Å². The molecule has 0 fully saturated rings. The summed E-state index contributed by atoms with van der Waals surface area (Å²) in [5.74, 6) is 0. The van der Waals surface area contributed by atoms with Crippen molar-refractivity contribution in [3.8, 4) is 0 Å². The predicted molar refractivity (Wildman–Crippen MR) is 80.0 cm³/mol. The second-order valence-corrected chi connectivity index (χ2v) is 4.02. The fourth-order valence-corrected chi connectivity index (χ4v) is 1.75. The first-order valence-corrected chi connectivity index (χ1v) is 6.26. The Labute approximate surface area is 148 Å². The van der Waals surface area contributed by atoms with Crippen LogP contribution in [-0.4, -0.2) is 0 Å². The number of hydrogen-bond acceptors (Lipinski definition) is 1. The van der Waals surface area contributed by atoms with Crippen molar-refractivity contribution in [2.45, 2.75) is 20.0 Å². The zero-order valence-corrected chi connectivity index (χ0v) is 14.0. The van der Waals surface area contributed by atoms with Crippen LogP contribution >= 0.6 is 0 Å². The molecule has 0 bridgehead atoms. The third-order valence-corrected chi connectivity index (χ3v) is 2.75. The summed E-state index contributed by atoms with van der Waals surface area (Å²) in [7, 11) is 0. The number of benzene rings is 2. The molecule has 1 N–H and O–H groups in total. The molecule has 23 heavy (non-hydrogen) atoms. The third-order valence-electron chi connectivity index (χ3n) is 2.75. The number of nitrogens with one attached hydrogen (secondary N) is 1. The Morgan fingerprint density at radius 2 is 1.22 bits per heavy atom. The van der Waals surface area contributed by atoms with Crippen LogP contribution in [0.2, 0.25) is 0 Å². The molecule has 0 aromatic heterocycles. The Bertz CT molecular complexity index is 551. The molecule has 0 heterocycles. The van der Waals surface area contributed by atoms with Gasteiger partial charge in [0.2, 0.25) is 0 Å². The van der Waals surface area contributed by atoms with Crippen molar-refractivity contribution < 1.29 is 31.3 Å². The van der Waals surface area contributed by atoms with E-state index in [0.29, 0.717) is 0 Å². The van der Waals surface area contributed by atoms with E-state index in [1.165, 1.54) is 16.7 Å². The summed E-state index contributed by atoms with van der Waals surface area (Å²) in [6, 6.07) is 19.0. The summed E-state index contributed by atoms with van der Waals surface area (Å²) in [5.41, 5.74) is 4.05. The van der Waals surface area contributed by atoms with Gasteiger partial charge in [-0.2, -0.15) is 0 Å². The zero-order valence-electron chi connectivity index (χ0n) is 12.7. The summed E-state index contributed by atoms with van der Waals surface area (Å²) in [6.07, 6.45) is 0.